The third-order valence-electron chi connectivity index (χ3n) is 4.48. The highest BCUT2D eigenvalue weighted by Gasteiger charge is 2.24. The van der Waals surface area contributed by atoms with Crippen LogP contribution in [-0.4, -0.2) is 29.1 Å². The lowest BCUT2D eigenvalue weighted by Gasteiger charge is -2.17. The quantitative estimate of drug-likeness (QED) is 0.846. The number of fused-ring (bicyclic) bond motifs is 1. The minimum Gasteiger partial charge on any atom is -0.506 e. The Hall–Kier alpha value is -2.56. The fourth-order valence-electron chi connectivity index (χ4n) is 3.09. The van der Waals surface area contributed by atoms with Crippen LogP contribution in [0.3, 0.4) is 0 Å². The molecule has 5 nitrogen and oxygen atoms in total. The monoisotopic (exact) mass is 327 g/mol. The zero-order valence-electron chi connectivity index (χ0n) is 13.6. The smallest absolute Gasteiger partial charge is 0.342 e. The number of esters is 1. The summed E-state index contributed by atoms with van der Waals surface area (Å²) in [5.41, 5.74) is 0.0641. The van der Waals surface area contributed by atoms with E-state index >= 15 is 0 Å². The van der Waals surface area contributed by atoms with E-state index in [9.17, 15) is 14.7 Å². The van der Waals surface area contributed by atoms with Gasteiger partial charge in [0.2, 0.25) is 0 Å². The largest absolute Gasteiger partial charge is 0.506 e. The summed E-state index contributed by atoms with van der Waals surface area (Å²) in [7, 11) is 0. The molecule has 1 amide bonds. The summed E-state index contributed by atoms with van der Waals surface area (Å²) >= 11 is 0. The average molecular weight is 327 g/mol. The maximum absolute atomic E-state index is 12.3. The predicted molar refractivity (Wildman–Crippen MR) is 90.9 cm³/mol. The Labute approximate surface area is 140 Å². The molecule has 2 N–H and O–H groups in total. The van der Waals surface area contributed by atoms with Gasteiger partial charge in [-0.05, 0) is 31.2 Å². The van der Waals surface area contributed by atoms with Gasteiger partial charge in [0.1, 0.15) is 11.3 Å². The van der Waals surface area contributed by atoms with Crippen molar-refractivity contribution in [3.05, 3.63) is 42.0 Å². The predicted octanol–water partition coefficient (Wildman–Crippen LogP) is 3.15. The van der Waals surface area contributed by atoms with Crippen LogP contribution in [0.2, 0.25) is 0 Å². The molecule has 0 aromatic heterocycles. The van der Waals surface area contributed by atoms with Crippen molar-refractivity contribution in [3.8, 4) is 5.75 Å². The minimum absolute atomic E-state index is 0.0641. The fourth-order valence-corrected chi connectivity index (χ4v) is 3.09. The van der Waals surface area contributed by atoms with Gasteiger partial charge in [-0.15, -0.1) is 0 Å². The summed E-state index contributed by atoms with van der Waals surface area (Å²) in [6, 6.07) is 10.7. The molecule has 1 aliphatic rings. The van der Waals surface area contributed by atoms with Gasteiger partial charge in [0.25, 0.3) is 5.91 Å². The van der Waals surface area contributed by atoms with Gasteiger partial charge in [-0.1, -0.05) is 43.2 Å². The number of nitrogens with one attached hydrogen (secondary N) is 1. The number of amides is 1. The van der Waals surface area contributed by atoms with Crippen molar-refractivity contribution in [2.75, 3.05) is 0 Å². The van der Waals surface area contributed by atoms with Crippen LogP contribution in [0.4, 0.5) is 0 Å². The van der Waals surface area contributed by atoms with Crippen molar-refractivity contribution in [3.63, 3.8) is 0 Å². The molecule has 0 spiro atoms. The molecule has 0 unspecified atom stereocenters. The normalized spacial score (nSPS) is 16.0. The van der Waals surface area contributed by atoms with E-state index in [-0.39, 0.29) is 23.3 Å². The Morgan fingerprint density at radius 3 is 2.62 bits per heavy atom. The summed E-state index contributed by atoms with van der Waals surface area (Å²) in [4.78, 5) is 24.4. The maximum atomic E-state index is 12.3. The number of hydrogen-bond donors (Lipinski definition) is 2. The highest BCUT2D eigenvalue weighted by molar-refractivity contribution is 6.01. The lowest BCUT2D eigenvalue weighted by Crippen LogP contribution is -2.40. The number of aromatic hydroxyl groups is 1. The van der Waals surface area contributed by atoms with E-state index in [0.717, 1.165) is 31.1 Å². The molecule has 1 saturated carbocycles. The summed E-state index contributed by atoms with van der Waals surface area (Å²) in [6.45, 7) is 1.54. The van der Waals surface area contributed by atoms with Gasteiger partial charge in [-0.2, -0.15) is 0 Å². The molecule has 1 fully saturated rings. The van der Waals surface area contributed by atoms with Gasteiger partial charge in [0.15, 0.2) is 6.10 Å². The van der Waals surface area contributed by atoms with Crippen molar-refractivity contribution < 1.29 is 19.4 Å². The van der Waals surface area contributed by atoms with Crippen molar-refractivity contribution >= 4 is 22.6 Å². The molecule has 0 aliphatic heterocycles. The Kier molecular flexibility index (Phi) is 4.69. The molecule has 0 radical (unpaired) electrons. The first-order valence-electron chi connectivity index (χ1n) is 8.28. The standard InChI is InChI=1S/C19H21NO4/c1-12(18(22)20-14-7-3-4-8-14)24-19(23)16-11-10-13-6-2-5-9-15(13)17(16)21/h2,5-6,9-12,14,21H,3-4,7-8H2,1H3,(H,20,22)/t12-/m1/s1. The number of phenolic OH excluding ortho intramolecular Hbond substituents is 1. The van der Waals surface area contributed by atoms with Gasteiger partial charge >= 0.3 is 5.97 Å². The van der Waals surface area contributed by atoms with Crippen molar-refractivity contribution in [2.45, 2.75) is 44.8 Å². The summed E-state index contributed by atoms with van der Waals surface area (Å²) in [5, 5.41) is 14.6. The number of benzene rings is 2. The molecule has 24 heavy (non-hydrogen) atoms. The van der Waals surface area contributed by atoms with Gasteiger partial charge in [-0.25, -0.2) is 4.79 Å². The fraction of sp³-hybridized carbons (Fsp3) is 0.368. The molecule has 0 bridgehead atoms. The molecule has 126 valence electrons. The van der Waals surface area contributed by atoms with Crippen LogP contribution >= 0.6 is 0 Å². The van der Waals surface area contributed by atoms with E-state index in [4.69, 9.17) is 4.74 Å². The first kappa shape index (κ1) is 16.3. The third-order valence-corrected chi connectivity index (χ3v) is 4.48. The summed E-state index contributed by atoms with van der Waals surface area (Å²) in [5.74, 6) is -1.12. The van der Waals surface area contributed by atoms with Crippen LogP contribution < -0.4 is 5.32 Å². The lowest BCUT2D eigenvalue weighted by atomic mass is 10.1. The van der Waals surface area contributed by atoms with Crippen molar-refractivity contribution in [1.29, 1.82) is 0 Å². The van der Waals surface area contributed by atoms with Crippen LogP contribution in [0.25, 0.3) is 10.8 Å². The maximum Gasteiger partial charge on any atom is 0.342 e. The van der Waals surface area contributed by atoms with Crippen LogP contribution in [-0.2, 0) is 9.53 Å². The van der Waals surface area contributed by atoms with Crippen molar-refractivity contribution in [2.24, 2.45) is 0 Å². The highest BCUT2D eigenvalue weighted by atomic mass is 16.5. The summed E-state index contributed by atoms with van der Waals surface area (Å²) < 4.78 is 5.23. The first-order valence-corrected chi connectivity index (χ1v) is 8.28. The van der Waals surface area contributed by atoms with E-state index in [1.54, 1.807) is 25.1 Å². The number of ether oxygens (including phenoxy) is 1. The molecule has 0 heterocycles. The topological polar surface area (TPSA) is 75.6 Å². The number of hydrogen-bond acceptors (Lipinski definition) is 4. The van der Waals surface area contributed by atoms with E-state index < -0.39 is 12.1 Å². The number of carbonyl (C=O) groups is 2. The van der Waals surface area contributed by atoms with Gasteiger partial charge < -0.3 is 15.2 Å². The minimum atomic E-state index is -0.899. The van der Waals surface area contributed by atoms with Crippen molar-refractivity contribution in [1.82, 2.24) is 5.32 Å². The molecule has 2 aromatic rings. The zero-order valence-corrected chi connectivity index (χ0v) is 13.6. The molecule has 0 saturated heterocycles. The SMILES string of the molecule is C[C@@H](OC(=O)c1ccc2ccccc2c1O)C(=O)NC1CCCC1. The Balaban J connectivity index is 1.70. The van der Waals surface area contributed by atoms with Crippen LogP contribution in [0.15, 0.2) is 36.4 Å². The molecular formula is C19H21NO4. The number of phenols is 1. The molecule has 5 heteroatoms. The van der Waals surface area contributed by atoms with E-state index in [1.165, 1.54) is 6.07 Å². The third kappa shape index (κ3) is 3.35. The second kappa shape index (κ2) is 6.91. The zero-order chi connectivity index (χ0) is 17.1. The highest BCUT2D eigenvalue weighted by Crippen LogP contribution is 2.29. The Morgan fingerprint density at radius 1 is 1.17 bits per heavy atom. The number of rotatable bonds is 4. The van der Waals surface area contributed by atoms with Gasteiger partial charge in [0.05, 0.1) is 0 Å². The molecule has 1 aliphatic carbocycles. The number of carbonyl (C=O) groups excluding carboxylic acids is 2. The van der Waals surface area contributed by atoms with E-state index in [2.05, 4.69) is 5.32 Å². The second-order valence-electron chi connectivity index (χ2n) is 6.22. The lowest BCUT2D eigenvalue weighted by molar-refractivity contribution is -0.129. The Morgan fingerprint density at radius 2 is 1.88 bits per heavy atom. The molecular weight excluding hydrogens is 306 g/mol. The molecule has 1 atom stereocenters. The van der Waals surface area contributed by atoms with E-state index in [1.807, 2.05) is 12.1 Å². The Bertz CT molecular complexity index is 765. The van der Waals surface area contributed by atoms with Gasteiger partial charge in [-0.3, -0.25) is 4.79 Å². The molecule has 3 rings (SSSR count). The molecule has 2 aromatic carbocycles. The van der Waals surface area contributed by atoms with Crippen LogP contribution in [0.5, 0.6) is 5.75 Å². The van der Waals surface area contributed by atoms with Crippen LogP contribution in [0, 0.1) is 0 Å². The first-order chi connectivity index (χ1) is 11.6. The second-order valence-corrected chi connectivity index (χ2v) is 6.22. The van der Waals surface area contributed by atoms with E-state index in [0.29, 0.717) is 5.39 Å². The summed E-state index contributed by atoms with van der Waals surface area (Å²) in [6.07, 6.45) is 3.27. The average Bonchev–Trinajstić information content (AvgIpc) is 3.08. The van der Waals surface area contributed by atoms with Crippen LogP contribution in [0.1, 0.15) is 43.0 Å². The van der Waals surface area contributed by atoms with Gasteiger partial charge in [0, 0.05) is 11.4 Å².